The quantitative estimate of drug-likeness (QED) is 0.442. The van der Waals surface area contributed by atoms with E-state index in [2.05, 4.69) is 36.8 Å². The molecule has 0 saturated carbocycles. The van der Waals surface area contributed by atoms with Crippen LogP contribution in [0.5, 0.6) is 0 Å². The summed E-state index contributed by atoms with van der Waals surface area (Å²) in [6, 6.07) is 12.5. The van der Waals surface area contributed by atoms with Crippen LogP contribution in [0.3, 0.4) is 0 Å². The Labute approximate surface area is 192 Å². The Morgan fingerprint density at radius 2 is 1.97 bits per heavy atom. The van der Waals surface area contributed by atoms with Crippen LogP contribution >= 0.6 is 27.7 Å². The number of carbonyl (C=O) groups excluding carboxylic acids is 2. The first-order valence-electron chi connectivity index (χ1n) is 9.55. The van der Waals surface area contributed by atoms with Crippen molar-refractivity contribution in [3.05, 3.63) is 70.2 Å². The number of amides is 2. The molecule has 0 saturated heterocycles. The van der Waals surface area contributed by atoms with Crippen LogP contribution < -0.4 is 10.6 Å². The Morgan fingerprint density at radius 3 is 2.68 bits per heavy atom. The van der Waals surface area contributed by atoms with Gasteiger partial charge in [0.25, 0.3) is 5.91 Å². The number of halogens is 2. The maximum absolute atomic E-state index is 13.3. The molecular formula is C21H21BrFN5O2S. The minimum Gasteiger partial charge on any atom is -0.342 e. The van der Waals surface area contributed by atoms with E-state index in [-0.39, 0.29) is 23.6 Å². The molecule has 3 rings (SSSR count). The van der Waals surface area contributed by atoms with Gasteiger partial charge in [0.05, 0.1) is 17.4 Å². The van der Waals surface area contributed by atoms with Crippen molar-refractivity contribution < 1.29 is 14.0 Å². The lowest BCUT2D eigenvalue weighted by atomic mass is 10.2. The van der Waals surface area contributed by atoms with E-state index < -0.39 is 5.82 Å². The van der Waals surface area contributed by atoms with Gasteiger partial charge in [0.15, 0.2) is 11.0 Å². The number of benzene rings is 2. The van der Waals surface area contributed by atoms with Gasteiger partial charge in [-0.1, -0.05) is 30.0 Å². The monoisotopic (exact) mass is 505 g/mol. The molecule has 0 radical (unpaired) electrons. The Morgan fingerprint density at radius 1 is 1.19 bits per heavy atom. The van der Waals surface area contributed by atoms with Crippen LogP contribution in [-0.2, 0) is 11.3 Å². The Kier molecular flexibility index (Phi) is 7.80. The summed E-state index contributed by atoms with van der Waals surface area (Å²) >= 11 is 4.60. The highest BCUT2D eigenvalue weighted by atomic mass is 79.9. The second-order valence-corrected chi connectivity index (χ2v) is 8.40. The van der Waals surface area contributed by atoms with E-state index in [1.165, 1.54) is 30.0 Å². The van der Waals surface area contributed by atoms with E-state index in [1.54, 1.807) is 24.3 Å². The van der Waals surface area contributed by atoms with Gasteiger partial charge in [-0.3, -0.25) is 9.59 Å². The largest absolute Gasteiger partial charge is 0.342 e. The molecule has 2 N–H and O–H groups in total. The van der Waals surface area contributed by atoms with Crippen LogP contribution in [0, 0.1) is 5.82 Å². The Balaban J connectivity index is 1.63. The third-order valence-corrected chi connectivity index (χ3v) is 6.01. The number of nitrogens with zero attached hydrogens (tertiary/aromatic N) is 3. The summed E-state index contributed by atoms with van der Waals surface area (Å²) in [5, 5.41) is 14.5. The van der Waals surface area contributed by atoms with E-state index in [0.29, 0.717) is 33.2 Å². The molecule has 1 atom stereocenters. The maximum Gasteiger partial charge on any atom is 0.253 e. The summed E-state index contributed by atoms with van der Waals surface area (Å²) in [5.41, 5.74) is 0.923. The van der Waals surface area contributed by atoms with Crippen molar-refractivity contribution >= 4 is 45.2 Å². The fourth-order valence-corrected chi connectivity index (χ4v) is 4.18. The summed E-state index contributed by atoms with van der Waals surface area (Å²) in [7, 11) is 0. The standard InChI is InChI=1S/C21H21BrFN5O2S/c1-3-28-19(13(2)24-20(30)16-9-4-5-10-17(16)22)26-27-21(28)31-12-18(29)25-15-8-6-7-14(23)11-15/h4-11,13H,3,12H2,1-2H3,(H,24,30)(H,25,29)/t13-/m1/s1. The zero-order valence-corrected chi connectivity index (χ0v) is 19.3. The van der Waals surface area contributed by atoms with Crippen LogP contribution in [-0.4, -0.2) is 32.3 Å². The number of nitrogens with one attached hydrogen (secondary N) is 2. The molecule has 0 aliphatic rings. The third kappa shape index (κ3) is 5.92. The molecule has 0 fully saturated rings. The van der Waals surface area contributed by atoms with E-state index in [0.717, 1.165) is 0 Å². The summed E-state index contributed by atoms with van der Waals surface area (Å²) < 4.78 is 15.8. The molecule has 0 aliphatic heterocycles. The van der Waals surface area contributed by atoms with Crippen LogP contribution in [0.25, 0.3) is 0 Å². The van der Waals surface area contributed by atoms with Crippen LogP contribution in [0.15, 0.2) is 58.2 Å². The summed E-state index contributed by atoms with van der Waals surface area (Å²) in [6.07, 6.45) is 0. The van der Waals surface area contributed by atoms with Gasteiger partial charge in [0.1, 0.15) is 5.82 Å². The van der Waals surface area contributed by atoms with Gasteiger partial charge in [0, 0.05) is 16.7 Å². The molecule has 3 aromatic rings. The topological polar surface area (TPSA) is 88.9 Å². The summed E-state index contributed by atoms with van der Waals surface area (Å²) in [5.74, 6) is -0.241. The lowest BCUT2D eigenvalue weighted by Crippen LogP contribution is -2.29. The first kappa shape index (κ1) is 23.0. The van der Waals surface area contributed by atoms with E-state index in [1.807, 2.05) is 24.5 Å². The van der Waals surface area contributed by atoms with Gasteiger partial charge >= 0.3 is 0 Å². The number of aromatic nitrogens is 3. The molecule has 0 bridgehead atoms. The van der Waals surface area contributed by atoms with Crippen molar-refractivity contribution in [3.8, 4) is 0 Å². The fraction of sp³-hybridized carbons (Fsp3) is 0.238. The summed E-state index contributed by atoms with van der Waals surface area (Å²) in [6.45, 7) is 4.34. The molecule has 2 aromatic carbocycles. The lowest BCUT2D eigenvalue weighted by molar-refractivity contribution is -0.113. The number of hydrogen-bond donors (Lipinski definition) is 2. The average Bonchev–Trinajstić information content (AvgIpc) is 3.15. The van der Waals surface area contributed by atoms with Gasteiger partial charge in [-0.15, -0.1) is 10.2 Å². The molecule has 0 spiro atoms. The lowest BCUT2D eigenvalue weighted by Gasteiger charge is -2.15. The highest BCUT2D eigenvalue weighted by Crippen LogP contribution is 2.22. The van der Waals surface area contributed by atoms with Gasteiger partial charge < -0.3 is 15.2 Å². The predicted octanol–water partition coefficient (Wildman–Crippen LogP) is 4.42. The molecular weight excluding hydrogens is 485 g/mol. The molecule has 162 valence electrons. The number of hydrogen-bond acceptors (Lipinski definition) is 5. The maximum atomic E-state index is 13.3. The second kappa shape index (κ2) is 10.5. The minimum atomic E-state index is -0.417. The van der Waals surface area contributed by atoms with E-state index in [4.69, 9.17) is 0 Å². The predicted molar refractivity (Wildman–Crippen MR) is 121 cm³/mol. The molecule has 0 aliphatic carbocycles. The van der Waals surface area contributed by atoms with Gasteiger partial charge in [-0.25, -0.2) is 4.39 Å². The SMILES string of the molecule is CCn1c(SCC(=O)Nc2cccc(F)c2)nnc1[C@@H](C)NC(=O)c1ccccc1Br. The van der Waals surface area contributed by atoms with Gasteiger partial charge in [-0.05, 0) is 60.1 Å². The zero-order valence-electron chi connectivity index (χ0n) is 16.9. The van der Waals surface area contributed by atoms with Gasteiger partial charge in [-0.2, -0.15) is 0 Å². The summed E-state index contributed by atoms with van der Waals surface area (Å²) in [4.78, 5) is 24.8. The van der Waals surface area contributed by atoms with Crippen LogP contribution in [0.1, 0.15) is 36.1 Å². The second-order valence-electron chi connectivity index (χ2n) is 6.61. The number of rotatable bonds is 8. The van der Waals surface area contributed by atoms with Crippen molar-refractivity contribution in [1.82, 2.24) is 20.1 Å². The molecule has 7 nitrogen and oxygen atoms in total. The number of anilines is 1. The first-order chi connectivity index (χ1) is 14.9. The van der Waals surface area contributed by atoms with Crippen molar-refractivity contribution in [2.45, 2.75) is 31.6 Å². The third-order valence-electron chi connectivity index (χ3n) is 4.36. The van der Waals surface area contributed by atoms with Gasteiger partial charge in [0.2, 0.25) is 5.91 Å². The smallest absolute Gasteiger partial charge is 0.253 e. The highest BCUT2D eigenvalue weighted by molar-refractivity contribution is 9.10. The average molecular weight is 506 g/mol. The number of thioether (sulfide) groups is 1. The van der Waals surface area contributed by atoms with Crippen molar-refractivity contribution in [3.63, 3.8) is 0 Å². The molecule has 1 aromatic heterocycles. The fourth-order valence-electron chi connectivity index (χ4n) is 2.90. The minimum absolute atomic E-state index is 0.0896. The number of carbonyl (C=O) groups is 2. The van der Waals surface area contributed by atoms with E-state index >= 15 is 0 Å². The van der Waals surface area contributed by atoms with Crippen molar-refractivity contribution in [2.24, 2.45) is 0 Å². The molecule has 10 heteroatoms. The molecule has 2 amide bonds. The molecule has 0 unspecified atom stereocenters. The Hall–Kier alpha value is -2.72. The van der Waals surface area contributed by atoms with Crippen LogP contribution in [0.4, 0.5) is 10.1 Å². The first-order valence-corrected chi connectivity index (χ1v) is 11.3. The highest BCUT2D eigenvalue weighted by Gasteiger charge is 2.21. The normalized spacial score (nSPS) is 11.7. The Bertz CT molecular complexity index is 1090. The zero-order chi connectivity index (χ0) is 22.4. The van der Waals surface area contributed by atoms with Crippen molar-refractivity contribution in [2.75, 3.05) is 11.1 Å². The van der Waals surface area contributed by atoms with E-state index in [9.17, 15) is 14.0 Å². The molecule has 31 heavy (non-hydrogen) atoms. The van der Waals surface area contributed by atoms with Crippen LogP contribution in [0.2, 0.25) is 0 Å². The molecule has 1 heterocycles. The van der Waals surface area contributed by atoms with Crippen molar-refractivity contribution in [1.29, 1.82) is 0 Å².